The summed E-state index contributed by atoms with van der Waals surface area (Å²) in [6.07, 6.45) is 17.2. The Hall–Kier alpha value is -1.62. The van der Waals surface area contributed by atoms with Crippen molar-refractivity contribution in [2.24, 2.45) is 75.9 Å². The van der Waals surface area contributed by atoms with Crippen LogP contribution < -0.4 is 0 Å². The lowest BCUT2D eigenvalue weighted by Gasteiger charge is -2.62. The van der Waals surface area contributed by atoms with E-state index in [1.165, 1.54) is 38.5 Å². The number of hydrogen-bond acceptors (Lipinski definition) is 9. The van der Waals surface area contributed by atoms with Gasteiger partial charge in [-0.2, -0.15) is 0 Å². The summed E-state index contributed by atoms with van der Waals surface area (Å²) in [6, 6.07) is 3.50. The molecule has 2 saturated heterocycles. The lowest BCUT2D eigenvalue weighted by atomic mass is 9.43. The van der Waals surface area contributed by atoms with Crippen LogP contribution in [0.15, 0.2) is 24.5 Å². The van der Waals surface area contributed by atoms with E-state index in [0.29, 0.717) is 83.7 Å². The van der Waals surface area contributed by atoms with Gasteiger partial charge in [-0.1, -0.05) is 41.0 Å². The Kier molecular flexibility index (Phi) is 11.1. The van der Waals surface area contributed by atoms with Crippen LogP contribution >= 0.6 is 0 Å². The number of hydrogen-bond donors (Lipinski definition) is 2. The van der Waals surface area contributed by atoms with E-state index >= 15 is 0 Å². The highest BCUT2D eigenvalue weighted by Gasteiger charge is 2.64. The number of aliphatic hydroxyl groups excluding tert-OH is 1. The van der Waals surface area contributed by atoms with Crippen LogP contribution in [0.25, 0.3) is 0 Å². The Labute approximate surface area is 323 Å². The third kappa shape index (κ3) is 6.80. The van der Waals surface area contributed by atoms with Gasteiger partial charge in [-0.25, -0.2) is 14.9 Å². The molecule has 5 aliphatic carbocycles. The number of aliphatic hydroxyl groups is 1. The van der Waals surface area contributed by atoms with Crippen molar-refractivity contribution in [2.75, 3.05) is 6.61 Å². The topological polar surface area (TPSA) is 117 Å². The number of nitrogens with zero attached hydrogens (tertiary/aromatic N) is 1. The maximum Gasteiger partial charge on any atom is 0.339 e. The summed E-state index contributed by atoms with van der Waals surface area (Å²) in [4.78, 5) is 21.4. The average molecular weight is 752 g/mol. The zero-order valence-electron chi connectivity index (χ0n) is 33.9. The third-order valence-corrected chi connectivity index (χ3v) is 17.6. The van der Waals surface area contributed by atoms with E-state index in [-0.39, 0.29) is 35.3 Å². The van der Waals surface area contributed by atoms with Gasteiger partial charge in [0.05, 0.1) is 24.4 Å². The zero-order valence-corrected chi connectivity index (χ0v) is 33.9. The monoisotopic (exact) mass is 752 g/mol. The molecule has 18 atom stereocenters. The number of rotatable bonds is 9. The SMILES string of the molecule is C[C@H]1[C@@H](O[C@@H]2CC[C@]3(C)C4C[C@H](O)[C@]5(C)[C@@H]([C@H](C)CCCOC(=O)c6cccnc6)CC[C@H]5[C@@H]4CC[C@@H]3C2)OC2O[C@](C)(OO)CC[C@@H]3C2[C@H]1CC[C@H]3C. The molecule has 0 radical (unpaired) electrons. The fourth-order valence-corrected chi connectivity index (χ4v) is 14.5. The van der Waals surface area contributed by atoms with Crippen molar-refractivity contribution in [1.82, 2.24) is 4.98 Å². The molecule has 9 heteroatoms. The smallest absolute Gasteiger partial charge is 0.339 e. The summed E-state index contributed by atoms with van der Waals surface area (Å²) in [5, 5.41) is 22.0. The van der Waals surface area contributed by atoms with E-state index in [1.807, 2.05) is 6.92 Å². The summed E-state index contributed by atoms with van der Waals surface area (Å²) in [7, 11) is 0. The molecular formula is C45H69NO8. The van der Waals surface area contributed by atoms with Crippen molar-refractivity contribution in [1.29, 1.82) is 0 Å². The van der Waals surface area contributed by atoms with E-state index in [1.54, 1.807) is 24.5 Å². The lowest BCUT2D eigenvalue weighted by Crippen LogP contribution is -2.59. The first kappa shape index (κ1) is 39.2. The fourth-order valence-electron chi connectivity index (χ4n) is 14.5. The highest BCUT2D eigenvalue weighted by atomic mass is 17.1. The molecule has 8 rings (SSSR count). The van der Waals surface area contributed by atoms with Crippen LogP contribution in [0.3, 0.4) is 0 Å². The number of pyridine rings is 1. The maximum atomic E-state index is 12.4. The Morgan fingerprint density at radius 3 is 2.57 bits per heavy atom. The molecule has 9 nitrogen and oxygen atoms in total. The predicted molar refractivity (Wildman–Crippen MR) is 204 cm³/mol. The molecule has 5 saturated carbocycles. The van der Waals surface area contributed by atoms with Crippen LogP contribution in [0.4, 0.5) is 0 Å². The molecule has 54 heavy (non-hydrogen) atoms. The van der Waals surface area contributed by atoms with Gasteiger partial charge < -0.3 is 24.1 Å². The molecule has 1 aromatic rings. The van der Waals surface area contributed by atoms with Crippen LogP contribution in [0, 0.1) is 75.9 Å². The standard InChI is InChI=1S/C45H69NO8/c1-26-11-13-33-28(3)41(52-42-39(33)32(26)18-20-44(5,53-42)54-49)51-31-17-19-43(4)30(23-31)12-14-34-36-16-15-35(45(36,6)38(47)24-37(34)43)27(2)9-8-22-50-40(48)29-10-7-21-46-25-29/h7,10,21,25-28,30-39,41-42,47,49H,8-9,11-20,22-24H2,1-6H3/t26-,27-,28-,30-,31-,32+,33+,34+,35-,36+,37?,38+,39?,41+,42?,43+,44-,45-/m1/s1. The van der Waals surface area contributed by atoms with Crippen molar-refractivity contribution < 1.29 is 39.0 Å². The van der Waals surface area contributed by atoms with Gasteiger partial charge in [0, 0.05) is 30.7 Å². The molecule has 2 aliphatic heterocycles. The minimum Gasteiger partial charge on any atom is -0.462 e. The van der Waals surface area contributed by atoms with E-state index < -0.39 is 12.1 Å². The summed E-state index contributed by atoms with van der Waals surface area (Å²) in [5.41, 5.74) is 0.654. The number of ether oxygens (including phenoxy) is 4. The molecule has 0 bridgehead atoms. The van der Waals surface area contributed by atoms with Crippen LogP contribution in [0.5, 0.6) is 0 Å². The van der Waals surface area contributed by atoms with Crippen molar-refractivity contribution in [3.63, 3.8) is 0 Å². The van der Waals surface area contributed by atoms with Gasteiger partial charge in [0.1, 0.15) is 0 Å². The van der Waals surface area contributed by atoms with Crippen LogP contribution in [-0.2, 0) is 23.8 Å². The highest BCUT2D eigenvalue weighted by molar-refractivity contribution is 5.88. The Bertz CT molecular complexity index is 1460. The van der Waals surface area contributed by atoms with Gasteiger partial charge in [-0.15, -0.1) is 0 Å². The van der Waals surface area contributed by atoms with E-state index in [2.05, 4.69) is 39.6 Å². The van der Waals surface area contributed by atoms with E-state index in [0.717, 1.165) is 44.9 Å². The van der Waals surface area contributed by atoms with Crippen LogP contribution in [0.2, 0.25) is 0 Å². The van der Waals surface area contributed by atoms with Gasteiger partial charge in [0.2, 0.25) is 5.79 Å². The van der Waals surface area contributed by atoms with Crippen molar-refractivity contribution in [3.05, 3.63) is 30.1 Å². The summed E-state index contributed by atoms with van der Waals surface area (Å²) < 4.78 is 25.9. The van der Waals surface area contributed by atoms with Gasteiger partial charge in [-0.05, 0) is 160 Å². The minimum atomic E-state index is -1.06. The largest absolute Gasteiger partial charge is 0.462 e. The van der Waals surface area contributed by atoms with Gasteiger partial charge in [0.15, 0.2) is 12.6 Å². The molecule has 0 amide bonds. The van der Waals surface area contributed by atoms with Gasteiger partial charge in [-0.3, -0.25) is 4.98 Å². The second-order valence-corrected chi connectivity index (χ2v) is 20.1. The summed E-state index contributed by atoms with van der Waals surface area (Å²) >= 11 is 0. The van der Waals surface area contributed by atoms with Crippen molar-refractivity contribution >= 4 is 5.97 Å². The predicted octanol–water partition coefficient (Wildman–Crippen LogP) is 9.28. The number of esters is 1. The Balaban J connectivity index is 0.885. The first-order chi connectivity index (χ1) is 25.9. The molecule has 0 spiro atoms. The first-order valence-corrected chi connectivity index (χ1v) is 21.9. The highest BCUT2D eigenvalue weighted by Crippen LogP contribution is 2.68. The fraction of sp³-hybridized carbons (Fsp3) is 0.867. The third-order valence-electron chi connectivity index (χ3n) is 17.6. The Morgan fingerprint density at radius 1 is 0.981 bits per heavy atom. The minimum absolute atomic E-state index is 0.0596. The first-order valence-electron chi connectivity index (χ1n) is 21.9. The molecule has 1 aromatic heterocycles. The number of aromatic nitrogens is 1. The van der Waals surface area contributed by atoms with Gasteiger partial charge >= 0.3 is 5.97 Å². The van der Waals surface area contributed by atoms with Crippen LogP contribution in [0.1, 0.15) is 142 Å². The number of carbonyl (C=O) groups excluding carboxylic acids is 1. The van der Waals surface area contributed by atoms with Crippen molar-refractivity contribution in [3.8, 4) is 0 Å². The molecule has 7 aliphatic rings. The van der Waals surface area contributed by atoms with Crippen LogP contribution in [-0.4, -0.2) is 58.5 Å². The second-order valence-electron chi connectivity index (χ2n) is 20.1. The molecular weight excluding hydrogens is 682 g/mol. The van der Waals surface area contributed by atoms with E-state index in [9.17, 15) is 15.2 Å². The summed E-state index contributed by atoms with van der Waals surface area (Å²) in [6.45, 7) is 14.3. The molecule has 3 unspecified atom stereocenters. The zero-order chi connectivity index (χ0) is 38.0. The Morgan fingerprint density at radius 2 is 1.80 bits per heavy atom. The lowest BCUT2D eigenvalue weighted by molar-refractivity contribution is -0.446. The average Bonchev–Trinajstić information content (AvgIpc) is 3.46. The molecule has 7 fully saturated rings. The van der Waals surface area contributed by atoms with Gasteiger partial charge in [0.25, 0.3) is 0 Å². The quantitative estimate of drug-likeness (QED) is 0.0838. The molecule has 0 aromatic carbocycles. The summed E-state index contributed by atoms with van der Waals surface area (Å²) in [5.74, 6) is 4.15. The van der Waals surface area contributed by atoms with E-state index in [4.69, 9.17) is 23.8 Å². The number of fused-ring (bicyclic) bond motifs is 5. The number of carbonyl (C=O) groups is 1. The molecule has 2 N–H and O–H groups in total. The normalized spacial score (nSPS) is 49.0. The van der Waals surface area contributed by atoms with Crippen molar-refractivity contribution in [2.45, 2.75) is 162 Å². The maximum absolute atomic E-state index is 12.4. The molecule has 302 valence electrons. The molecule has 3 heterocycles. The second kappa shape index (κ2) is 15.3.